The molecule has 0 amide bonds. The molecule has 0 saturated heterocycles. The van der Waals surface area contributed by atoms with Gasteiger partial charge in [-0.25, -0.2) is 0 Å². The van der Waals surface area contributed by atoms with Crippen molar-refractivity contribution >= 4 is 28.4 Å². The van der Waals surface area contributed by atoms with E-state index in [9.17, 15) is 0 Å². The van der Waals surface area contributed by atoms with E-state index in [2.05, 4.69) is 4.98 Å². The second kappa shape index (κ2) is 1.69. The minimum absolute atomic E-state index is 0.435. The summed E-state index contributed by atoms with van der Waals surface area (Å²) in [5.41, 5.74) is 5.17. The maximum Gasteiger partial charge on any atom is 0.259 e. The Hall–Kier alpha value is -0.260. The minimum atomic E-state index is 0.435. The van der Waals surface area contributed by atoms with Gasteiger partial charge in [-0.15, -0.1) is 0 Å². The lowest BCUT2D eigenvalue weighted by Gasteiger charge is -1.67. The van der Waals surface area contributed by atoms with Gasteiger partial charge in [-0.05, 0) is 0 Å². The maximum absolute atomic E-state index is 5.17. The number of oxazole rings is 1. The highest BCUT2D eigenvalue weighted by Gasteiger charge is 1.90. The molecule has 0 unspecified atom stereocenters. The van der Waals surface area contributed by atoms with Crippen LogP contribution in [0.2, 0.25) is 0 Å². The van der Waals surface area contributed by atoms with Crippen LogP contribution in [0.3, 0.4) is 0 Å². The Morgan fingerprint density at radius 1 is 1.86 bits per heavy atom. The summed E-state index contributed by atoms with van der Waals surface area (Å²) in [6.07, 6.45) is 1.40. The second-order valence-corrected chi connectivity index (χ2v) is 1.95. The Balaban J connectivity index is 3.04. The molecule has 2 N–H and O–H groups in total. The van der Waals surface area contributed by atoms with E-state index in [1.165, 1.54) is 6.26 Å². The quantitative estimate of drug-likeness (QED) is 0.646. The van der Waals surface area contributed by atoms with Crippen molar-refractivity contribution in [3.05, 3.63) is 10.2 Å². The van der Waals surface area contributed by atoms with E-state index in [0.29, 0.717) is 9.72 Å². The highest BCUT2D eigenvalue weighted by Crippen LogP contribution is 2.03. The van der Waals surface area contributed by atoms with Crippen LogP contribution in [0.5, 0.6) is 0 Å². The van der Waals surface area contributed by atoms with Crippen LogP contribution in [0, 0.1) is 3.90 Å². The van der Waals surface area contributed by atoms with Gasteiger partial charge >= 0.3 is 0 Å². The van der Waals surface area contributed by atoms with Crippen molar-refractivity contribution in [3.63, 3.8) is 0 Å². The molecular formula is C3H3IN2O. The largest absolute Gasteiger partial charge is 0.438 e. The lowest BCUT2D eigenvalue weighted by molar-refractivity contribution is 0.525. The van der Waals surface area contributed by atoms with E-state index in [0.717, 1.165) is 0 Å². The van der Waals surface area contributed by atoms with Gasteiger partial charge in [0, 0.05) is 22.6 Å². The smallest absolute Gasteiger partial charge is 0.259 e. The van der Waals surface area contributed by atoms with Crippen molar-refractivity contribution in [2.24, 2.45) is 0 Å². The summed E-state index contributed by atoms with van der Waals surface area (Å²) < 4.78 is 5.29. The molecule has 0 aliphatic carbocycles. The molecule has 0 saturated carbocycles. The molecule has 0 atom stereocenters. The lowest BCUT2D eigenvalue weighted by Crippen LogP contribution is -1.81. The zero-order chi connectivity index (χ0) is 5.28. The second-order valence-electron chi connectivity index (χ2n) is 1.03. The van der Waals surface area contributed by atoms with Crippen LogP contribution in [-0.4, -0.2) is 4.98 Å². The Morgan fingerprint density at radius 3 is 2.71 bits per heavy atom. The van der Waals surface area contributed by atoms with Gasteiger partial charge in [0.25, 0.3) is 3.90 Å². The van der Waals surface area contributed by atoms with Gasteiger partial charge in [0.1, 0.15) is 6.26 Å². The summed E-state index contributed by atoms with van der Waals surface area (Å²) in [6, 6.07) is 0. The van der Waals surface area contributed by atoms with Gasteiger partial charge in [0.05, 0.1) is 0 Å². The number of nitrogen functional groups attached to an aromatic ring is 1. The van der Waals surface area contributed by atoms with Gasteiger partial charge in [0.2, 0.25) is 0 Å². The Kier molecular flexibility index (Phi) is 1.18. The molecule has 0 radical (unpaired) electrons. The van der Waals surface area contributed by atoms with Crippen LogP contribution >= 0.6 is 22.6 Å². The molecular weight excluding hydrogens is 207 g/mol. The predicted molar refractivity (Wildman–Crippen MR) is 33.6 cm³/mol. The van der Waals surface area contributed by atoms with E-state index in [1.807, 2.05) is 22.6 Å². The third-order valence-corrected chi connectivity index (χ3v) is 0.989. The molecule has 0 aliphatic heterocycles. The zero-order valence-electron chi connectivity index (χ0n) is 3.39. The molecule has 1 heterocycles. The molecule has 0 aliphatic rings. The third-order valence-electron chi connectivity index (χ3n) is 0.494. The van der Waals surface area contributed by atoms with Gasteiger partial charge in [-0.3, -0.25) is 0 Å². The summed E-state index contributed by atoms with van der Waals surface area (Å²) in [5, 5.41) is 0. The molecule has 3 nitrogen and oxygen atoms in total. The van der Waals surface area contributed by atoms with Gasteiger partial charge in [-0.2, -0.15) is 4.98 Å². The SMILES string of the molecule is Nc1coc(I)n1. The number of aromatic nitrogens is 1. The van der Waals surface area contributed by atoms with Crippen molar-refractivity contribution in [3.8, 4) is 0 Å². The molecule has 1 aromatic heterocycles. The summed E-state index contributed by atoms with van der Waals surface area (Å²) in [7, 11) is 0. The topological polar surface area (TPSA) is 52.0 Å². The van der Waals surface area contributed by atoms with E-state index < -0.39 is 0 Å². The first-order valence-corrected chi connectivity index (χ1v) is 2.73. The fourth-order valence-corrected chi connectivity index (χ4v) is 0.669. The van der Waals surface area contributed by atoms with Crippen LogP contribution in [-0.2, 0) is 0 Å². The summed E-state index contributed by atoms with van der Waals surface area (Å²) in [4.78, 5) is 3.71. The first kappa shape index (κ1) is 4.89. The Bertz CT molecular complexity index is 145. The van der Waals surface area contributed by atoms with Crippen LogP contribution in [0.15, 0.2) is 10.7 Å². The summed E-state index contributed by atoms with van der Waals surface area (Å²) >= 11 is 1.94. The number of rotatable bonds is 0. The zero-order valence-corrected chi connectivity index (χ0v) is 5.55. The number of nitrogens with two attached hydrogens (primary N) is 1. The first-order chi connectivity index (χ1) is 3.29. The van der Waals surface area contributed by atoms with Crippen molar-refractivity contribution in [1.82, 2.24) is 4.98 Å². The Morgan fingerprint density at radius 2 is 2.57 bits per heavy atom. The van der Waals surface area contributed by atoms with Gasteiger partial charge < -0.3 is 10.2 Å². The maximum atomic E-state index is 5.17. The van der Waals surface area contributed by atoms with E-state index in [1.54, 1.807) is 0 Å². The predicted octanol–water partition coefficient (Wildman–Crippen LogP) is 0.861. The van der Waals surface area contributed by atoms with Gasteiger partial charge in [0.15, 0.2) is 5.82 Å². The monoisotopic (exact) mass is 210 g/mol. The molecule has 0 fully saturated rings. The average molecular weight is 210 g/mol. The number of hydrogen-bond donors (Lipinski definition) is 1. The van der Waals surface area contributed by atoms with E-state index >= 15 is 0 Å². The van der Waals surface area contributed by atoms with Crippen molar-refractivity contribution in [2.45, 2.75) is 0 Å². The summed E-state index contributed by atoms with van der Waals surface area (Å²) in [5.74, 6) is 0.435. The number of halogens is 1. The molecule has 0 spiro atoms. The number of anilines is 1. The average Bonchev–Trinajstić information content (AvgIpc) is 1.87. The fraction of sp³-hybridized carbons (Fsp3) is 0. The van der Waals surface area contributed by atoms with Crippen LogP contribution in [0.25, 0.3) is 0 Å². The molecule has 38 valence electrons. The molecule has 4 heteroatoms. The lowest BCUT2D eigenvalue weighted by atomic mass is 10.8. The van der Waals surface area contributed by atoms with Gasteiger partial charge in [-0.1, -0.05) is 0 Å². The van der Waals surface area contributed by atoms with Crippen LogP contribution < -0.4 is 5.73 Å². The molecule has 0 bridgehead atoms. The van der Waals surface area contributed by atoms with E-state index in [-0.39, 0.29) is 0 Å². The van der Waals surface area contributed by atoms with Crippen LogP contribution in [0.4, 0.5) is 5.82 Å². The third kappa shape index (κ3) is 1.05. The fourth-order valence-electron chi connectivity index (χ4n) is 0.263. The molecule has 1 aromatic rings. The van der Waals surface area contributed by atoms with Crippen molar-refractivity contribution in [2.75, 3.05) is 5.73 Å². The normalized spacial score (nSPS) is 9.29. The summed E-state index contributed by atoms with van der Waals surface area (Å²) in [6.45, 7) is 0. The standard InChI is InChI=1S/C3H3IN2O/c4-3-6-2(5)1-7-3/h1H,5H2. The van der Waals surface area contributed by atoms with E-state index in [4.69, 9.17) is 10.2 Å². The molecule has 1 rings (SSSR count). The minimum Gasteiger partial charge on any atom is -0.438 e. The highest BCUT2D eigenvalue weighted by atomic mass is 127. The Labute approximate surface area is 54.0 Å². The van der Waals surface area contributed by atoms with Crippen LogP contribution in [0.1, 0.15) is 0 Å². The highest BCUT2D eigenvalue weighted by molar-refractivity contribution is 14.1. The van der Waals surface area contributed by atoms with Crippen molar-refractivity contribution in [1.29, 1.82) is 0 Å². The first-order valence-electron chi connectivity index (χ1n) is 1.65. The molecule has 7 heavy (non-hydrogen) atoms. The molecule has 0 aromatic carbocycles. The number of hydrogen-bond acceptors (Lipinski definition) is 3. The van der Waals surface area contributed by atoms with Crippen molar-refractivity contribution < 1.29 is 4.42 Å². The number of nitrogens with zero attached hydrogens (tertiary/aromatic N) is 1.